The van der Waals surface area contributed by atoms with Crippen LogP contribution in [0.4, 0.5) is 4.79 Å². The van der Waals surface area contributed by atoms with Crippen molar-refractivity contribution in [1.82, 2.24) is 9.47 Å². The summed E-state index contributed by atoms with van der Waals surface area (Å²) in [5.74, 6) is 0. The summed E-state index contributed by atoms with van der Waals surface area (Å²) in [6.07, 6.45) is 1.48. The van der Waals surface area contributed by atoms with Crippen LogP contribution in [0, 0.1) is 0 Å². The lowest BCUT2D eigenvalue weighted by molar-refractivity contribution is -0.0680. The number of carbonyl (C=O) groups is 1. The third kappa shape index (κ3) is 4.57. The van der Waals surface area contributed by atoms with Crippen LogP contribution in [0.3, 0.4) is 0 Å². The van der Waals surface area contributed by atoms with E-state index in [1.54, 1.807) is 22.6 Å². The molecule has 0 saturated carbocycles. The molecule has 172 valence electrons. The normalized spacial score (nSPS) is 19.2. The minimum Gasteiger partial charge on any atom is -0.438 e. The van der Waals surface area contributed by atoms with Crippen LogP contribution >= 0.6 is 0 Å². The van der Waals surface area contributed by atoms with Crippen LogP contribution in [0.1, 0.15) is 43.4 Å². The Morgan fingerprint density at radius 1 is 1.00 bits per heavy atom. The number of ether oxygens (including phenoxy) is 1. The minimum atomic E-state index is -0.709. The zero-order chi connectivity index (χ0) is 23.4. The molecule has 1 aliphatic rings. The zero-order valence-electron chi connectivity index (χ0n) is 19.1. The first-order valence-corrected chi connectivity index (χ1v) is 11.4. The number of aliphatic hydroxyl groups excluding tert-OH is 1. The van der Waals surface area contributed by atoms with Gasteiger partial charge in [0.1, 0.15) is 5.60 Å². The number of cyclic esters (lactones) is 1. The van der Waals surface area contributed by atoms with E-state index in [1.807, 2.05) is 67.6 Å². The first kappa shape index (κ1) is 22.8. The van der Waals surface area contributed by atoms with E-state index >= 15 is 0 Å². The number of carbonyl (C=O) groups excluding carboxylic acids is 1. The van der Waals surface area contributed by atoms with Crippen LogP contribution in [0.2, 0.25) is 0 Å². The van der Waals surface area contributed by atoms with Gasteiger partial charge < -0.3 is 19.3 Å². The largest absolute Gasteiger partial charge is 0.438 e. The summed E-state index contributed by atoms with van der Waals surface area (Å²) in [5.41, 5.74) is 2.99. The van der Waals surface area contributed by atoms with Crippen molar-refractivity contribution in [3.63, 3.8) is 0 Å². The van der Waals surface area contributed by atoms with E-state index in [2.05, 4.69) is 0 Å². The molecule has 0 radical (unpaired) electrons. The Balaban J connectivity index is 1.53. The van der Waals surface area contributed by atoms with Crippen LogP contribution in [-0.2, 0) is 17.4 Å². The van der Waals surface area contributed by atoms with Gasteiger partial charge in [-0.25, -0.2) is 4.79 Å². The summed E-state index contributed by atoms with van der Waals surface area (Å²) in [7, 11) is 1.76. The molecule has 0 bridgehead atoms. The van der Waals surface area contributed by atoms with Crippen LogP contribution in [0.25, 0.3) is 11.3 Å². The average Bonchev–Trinajstić information content (AvgIpc) is 2.85. The van der Waals surface area contributed by atoms with Crippen LogP contribution < -0.4 is 5.56 Å². The van der Waals surface area contributed by atoms with Gasteiger partial charge in [0.05, 0.1) is 11.7 Å². The van der Waals surface area contributed by atoms with E-state index in [4.69, 9.17) is 4.74 Å². The van der Waals surface area contributed by atoms with Crippen LogP contribution in [0.5, 0.6) is 0 Å². The molecule has 1 aliphatic heterocycles. The minimum absolute atomic E-state index is 0.0518. The molecule has 1 N–H and O–H groups in total. The third-order valence-electron chi connectivity index (χ3n) is 6.65. The Bertz CT molecular complexity index is 1160. The molecule has 6 nitrogen and oxygen atoms in total. The summed E-state index contributed by atoms with van der Waals surface area (Å²) in [6, 6.07) is 22.8. The van der Waals surface area contributed by atoms with Crippen molar-refractivity contribution in [2.75, 3.05) is 13.2 Å². The molecule has 1 fully saturated rings. The standard InChI is InChI=1S/C27H30N2O4/c1-20(21-12-14-22(15-13-21)24-10-6-11-25(31)28(24)2)29-18-17-27(16-7-19-30,33-26(29)32)23-8-4-3-5-9-23/h3-6,8-15,20,30H,7,16-19H2,1-2H3/t20-,27+/m0/s1. The molecule has 3 aromatic rings. The lowest BCUT2D eigenvalue weighted by atomic mass is 9.84. The van der Waals surface area contributed by atoms with Crippen molar-refractivity contribution in [3.8, 4) is 11.3 Å². The van der Waals surface area contributed by atoms with Gasteiger partial charge in [-0.3, -0.25) is 4.79 Å². The predicted molar refractivity (Wildman–Crippen MR) is 128 cm³/mol. The number of pyridine rings is 1. The van der Waals surface area contributed by atoms with Crippen molar-refractivity contribution < 1.29 is 14.6 Å². The molecule has 2 heterocycles. The molecule has 1 aromatic heterocycles. The third-order valence-corrected chi connectivity index (χ3v) is 6.65. The van der Waals surface area contributed by atoms with Crippen molar-refractivity contribution >= 4 is 6.09 Å². The van der Waals surface area contributed by atoms with Gasteiger partial charge in [-0.05, 0) is 42.5 Å². The molecule has 1 amide bonds. The first-order valence-electron chi connectivity index (χ1n) is 11.4. The number of aliphatic hydroxyl groups is 1. The van der Waals surface area contributed by atoms with Crippen molar-refractivity contribution in [2.24, 2.45) is 7.05 Å². The Hall–Kier alpha value is -3.38. The van der Waals surface area contributed by atoms with E-state index in [9.17, 15) is 14.7 Å². The smallest absolute Gasteiger partial charge is 0.411 e. The lowest BCUT2D eigenvalue weighted by Gasteiger charge is -2.43. The second kappa shape index (κ2) is 9.63. The van der Waals surface area contributed by atoms with Crippen molar-refractivity contribution in [2.45, 2.75) is 37.8 Å². The van der Waals surface area contributed by atoms with Gasteiger partial charge in [0.15, 0.2) is 0 Å². The maximum Gasteiger partial charge on any atom is 0.411 e. The predicted octanol–water partition coefficient (Wildman–Crippen LogP) is 4.62. The Morgan fingerprint density at radius 3 is 2.39 bits per heavy atom. The summed E-state index contributed by atoms with van der Waals surface area (Å²) < 4.78 is 7.70. The van der Waals surface area contributed by atoms with Gasteiger partial charge in [0.2, 0.25) is 0 Å². The SMILES string of the molecule is C[C@@H](c1ccc(-c2cccc(=O)n2C)cc1)N1CC[C@](CCCO)(c2ccccc2)OC1=O. The van der Waals surface area contributed by atoms with Gasteiger partial charge in [-0.1, -0.05) is 60.7 Å². The Kier molecular flexibility index (Phi) is 6.65. The van der Waals surface area contributed by atoms with E-state index in [0.29, 0.717) is 25.8 Å². The molecule has 4 rings (SSSR count). The van der Waals surface area contributed by atoms with Gasteiger partial charge in [0.25, 0.3) is 5.56 Å². The number of hydrogen-bond donors (Lipinski definition) is 1. The van der Waals surface area contributed by atoms with Gasteiger partial charge in [0, 0.05) is 32.7 Å². The maximum absolute atomic E-state index is 13.1. The van der Waals surface area contributed by atoms with Crippen LogP contribution in [0.15, 0.2) is 77.6 Å². The highest BCUT2D eigenvalue weighted by molar-refractivity contribution is 5.70. The van der Waals surface area contributed by atoms with Crippen molar-refractivity contribution in [1.29, 1.82) is 0 Å². The fraction of sp³-hybridized carbons (Fsp3) is 0.333. The molecule has 33 heavy (non-hydrogen) atoms. The fourth-order valence-corrected chi connectivity index (χ4v) is 4.62. The second-order valence-corrected chi connectivity index (χ2v) is 8.61. The number of rotatable bonds is 7. The zero-order valence-corrected chi connectivity index (χ0v) is 19.1. The highest BCUT2D eigenvalue weighted by Gasteiger charge is 2.43. The molecular weight excluding hydrogens is 416 g/mol. The Labute approximate surface area is 194 Å². The highest BCUT2D eigenvalue weighted by Crippen LogP contribution is 2.40. The molecule has 6 heteroatoms. The van der Waals surface area contributed by atoms with E-state index in [-0.39, 0.29) is 24.3 Å². The van der Waals surface area contributed by atoms with E-state index in [1.165, 1.54) is 6.07 Å². The molecular formula is C27H30N2O4. The number of nitrogens with zero attached hydrogens (tertiary/aromatic N) is 2. The summed E-state index contributed by atoms with van der Waals surface area (Å²) in [5, 5.41) is 9.38. The van der Waals surface area contributed by atoms with Gasteiger partial charge in [-0.15, -0.1) is 0 Å². The Morgan fingerprint density at radius 2 is 1.73 bits per heavy atom. The number of aromatic nitrogens is 1. The monoisotopic (exact) mass is 446 g/mol. The van der Waals surface area contributed by atoms with E-state index in [0.717, 1.165) is 22.4 Å². The fourth-order valence-electron chi connectivity index (χ4n) is 4.62. The highest BCUT2D eigenvalue weighted by atomic mass is 16.6. The molecule has 1 saturated heterocycles. The van der Waals surface area contributed by atoms with Gasteiger partial charge in [-0.2, -0.15) is 0 Å². The first-order chi connectivity index (χ1) is 15.9. The van der Waals surface area contributed by atoms with Gasteiger partial charge >= 0.3 is 6.09 Å². The lowest BCUT2D eigenvalue weighted by Crippen LogP contribution is -2.48. The topological polar surface area (TPSA) is 71.8 Å². The quantitative estimate of drug-likeness (QED) is 0.575. The molecule has 0 spiro atoms. The van der Waals surface area contributed by atoms with Crippen LogP contribution in [-0.4, -0.2) is 33.8 Å². The molecule has 0 unspecified atom stereocenters. The molecule has 2 aromatic carbocycles. The maximum atomic E-state index is 13.1. The van der Waals surface area contributed by atoms with Crippen molar-refractivity contribution in [3.05, 3.63) is 94.3 Å². The summed E-state index contributed by atoms with van der Waals surface area (Å²) in [6.45, 7) is 2.62. The summed E-state index contributed by atoms with van der Waals surface area (Å²) in [4.78, 5) is 26.8. The second-order valence-electron chi connectivity index (χ2n) is 8.61. The number of hydrogen-bond acceptors (Lipinski definition) is 4. The number of benzene rings is 2. The molecule has 2 atom stereocenters. The average molecular weight is 447 g/mol. The summed E-state index contributed by atoms with van der Waals surface area (Å²) >= 11 is 0. The van der Waals surface area contributed by atoms with E-state index < -0.39 is 5.60 Å². The number of amides is 1. The molecule has 0 aliphatic carbocycles.